The van der Waals surface area contributed by atoms with E-state index in [2.05, 4.69) is 127 Å². The molecule has 1 aliphatic carbocycles. The molecule has 10 rings (SSSR count). The summed E-state index contributed by atoms with van der Waals surface area (Å²) in [7, 11) is -3.05. The average molecular weight is 685 g/mol. The molecule has 0 amide bonds. The lowest BCUT2D eigenvalue weighted by Gasteiger charge is -2.33. The van der Waals surface area contributed by atoms with Gasteiger partial charge in [-0.1, -0.05) is 176 Å². The molecule has 1 aromatic heterocycles. The Balaban J connectivity index is 1.11. The Morgan fingerprint density at radius 2 is 0.885 bits per heavy atom. The second-order valence-electron chi connectivity index (χ2n) is 13.6. The predicted octanol–water partition coefficient (Wildman–Crippen LogP) is 11.3. The molecule has 9 aromatic rings. The van der Waals surface area contributed by atoms with Crippen molar-refractivity contribution in [2.24, 2.45) is 0 Å². The van der Waals surface area contributed by atoms with E-state index in [-0.39, 0.29) is 0 Å². The van der Waals surface area contributed by atoms with E-state index >= 15 is 0 Å². The van der Waals surface area contributed by atoms with Crippen LogP contribution in [-0.4, -0.2) is 0 Å². The van der Waals surface area contributed by atoms with E-state index < -0.39 is 12.6 Å². The van der Waals surface area contributed by atoms with E-state index in [9.17, 15) is 4.57 Å². The summed E-state index contributed by atoms with van der Waals surface area (Å²) in [6.07, 6.45) is 0. The molecule has 0 unspecified atom stereocenters. The minimum atomic E-state index is -3.05. The van der Waals surface area contributed by atoms with Crippen molar-refractivity contribution < 1.29 is 8.98 Å². The van der Waals surface area contributed by atoms with Crippen LogP contribution in [0.25, 0.3) is 44.2 Å². The quantitative estimate of drug-likeness (QED) is 0.163. The molecule has 0 radical (unpaired) electrons. The topological polar surface area (TPSA) is 30.2 Å². The largest absolute Gasteiger partial charge is 0.456 e. The lowest BCUT2D eigenvalue weighted by molar-refractivity contribution is 0.592. The van der Waals surface area contributed by atoms with E-state index in [0.29, 0.717) is 0 Å². The van der Waals surface area contributed by atoms with Gasteiger partial charge in [0.05, 0.1) is 5.41 Å². The van der Waals surface area contributed by atoms with E-state index in [1.165, 1.54) is 33.4 Å². The van der Waals surface area contributed by atoms with Gasteiger partial charge in [-0.3, -0.25) is 0 Å². The van der Waals surface area contributed by atoms with Crippen LogP contribution in [0.5, 0.6) is 0 Å². The monoisotopic (exact) mass is 684 g/mol. The van der Waals surface area contributed by atoms with Gasteiger partial charge in [-0.25, -0.2) is 0 Å². The van der Waals surface area contributed by atoms with Crippen molar-refractivity contribution >= 4 is 45.0 Å². The fourth-order valence-corrected chi connectivity index (χ4v) is 11.1. The molecule has 1 heterocycles. The fraction of sp³-hybridized carbons (Fsp3) is 0.0204. The Morgan fingerprint density at radius 3 is 1.50 bits per heavy atom. The highest BCUT2D eigenvalue weighted by atomic mass is 31.2. The molecular weight excluding hydrogens is 652 g/mol. The zero-order chi connectivity index (χ0) is 34.7. The Bertz CT molecular complexity index is 2700. The summed E-state index contributed by atoms with van der Waals surface area (Å²) in [5.74, 6) is 0. The van der Waals surface area contributed by atoms with E-state index in [1.807, 2.05) is 72.8 Å². The number of hydrogen-bond donors (Lipinski definition) is 0. The fourth-order valence-electron chi connectivity index (χ4n) is 8.48. The van der Waals surface area contributed by atoms with Crippen molar-refractivity contribution in [3.8, 4) is 22.3 Å². The molecule has 0 saturated carbocycles. The highest BCUT2D eigenvalue weighted by Gasteiger charge is 2.46. The lowest BCUT2D eigenvalue weighted by atomic mass is 9.67. The van der Waals surface area contributed by atoms with Gasteiger partial charge in [-0.05, 0) is 68.8 Å². The van der Waals surface area contributed by atoms with E-state index in [0.717, 1.165) is 49.0 Å². The van der Waals surface area contributed by atoms with Crippen molar-refractivity contribution in [3.63, 3.8) is 0 Å². The molecule has 8 aromatic carbocycles. The number of fused-ring (bicyclic) bond motifs is 6. The molecule has 0 spiro atoms. The van der Waals surface area contributed by atoms with Crippen LogP contribution in [0, 0.1) is 0 Å². The maximum Gasteiger partial charge on any atom is 0.171 e. The molecule has 2 nitrogen and oxygen atoms in total. The highest BCUT2D eigenvalue weighted by molar-refractivity contribution is 7.85. The van der Waals surface area contributed by atoms with Crippen molar-refractivity contribution in [2.75, 3.05) is 0 Å². The first kappa shape index (κ1) is 30.6. The van der Waals surface area contributed by atoms with Crippen molar-refractivity contribution in [3.05, 3.63) is 222 Å². The van der Waals surface area contributed by atoms with E-state index in [4.69, 9.17) is 4.42 Å². The third kappa shape index (κ3) is 4.48. The summed E-state index contributed by atoms with van der Waals surface area (Å²) < 4.78 is 21.7. The second-order valence-corrected chi connectivity index (χ2v) is 16.3. The van der Waals surface area contributed by atoms with Crippen LogP contribution in [0.15, 0.2) is 205 Å². The van der Waals surface area contributed by atoms with Gasteiger partial charge in [0.2, 0.25) is 0 Å². The third-order valence-electron chi connectivity index (χ3n) is 10.9. The standard InChI is InChI=1S/C49H33O2P/c50-52(38-19-9-3-10-20-38,39-21-11-4-12-22-39)40-28-25-34(26-29-40)35-27-30-42-44-32-43-41-23-13-14-24-45(41)49(36-15-5-1-6-16-36,37-17-7-2-8-18-37)46(43)33-48(44)51-47(42)31-35/h1-33H. The van der Waals surface area contributed by atoms with Crippen LogP contribution in [0.1, 0.15) is 22.3 Å². The number of hydrogen-bond acceptors (Lipinski definition) is 2. The first-order valence-electron chi connectivity index (χ1n) is 17.7. The lowest BCUT2D eigenvalue weighted by Crippen LogP contribution is -2.28. The van der Waals surface area contributed by atoms with Crippen LogP contribution in [-0.2, 0) is 9.98 Å². The number of rotatable bonds is 6. The Kier molecular flexibility index (Phi) is 7.03. The minimum absolute atomic E-state index is 0.479. The van der Waals surface area contributed by atoms with Gasteiger partial charge in [-0.15, -0.1) is 0 Å². The first-order chi connectivity index (χ1) is 25.7. The molecule has 0 bridgehead atoms. The smallest absolute Gasteiger partial charge is 0.171 e. The molecule has 52 heavy (non-hydrogen) atoms. The molecule has 3 heteroatoms. The molecule has 1 aliphatic rings. The number of furan rings is 1. The van der Waals surface area contributed by atoms with Crippen LogP contribution in [0.3, 0.4) is 0 Å². The van der Waals surface area contributed by atoms with Gasteiger partial charge in [0.25, 0.3) is 0 Å². The van der Waals surface area contributed by atoms with Gasteiger partial charge in [0.15, 0.2) is 7.14 Å². The van der Waals surface area contributed by atoms with Gasteiger partial charge < -0.3 is 8.98 Å². The molecule has 0 atom stereocenters. The van der Waals surface area contributed by atoms with Gasteiger partial charge >= 0.3 is 0 Å². The number of benzene rings is 8. The molecule has 0 saturated heterocycles. The SMILES string of the molecule is O=P(c1ccccc1)(c1ccccc1)c1ccc(-c2ccc3c(c2)oc2cc4c(cc23)-c2ccccc2C4(c2ccccc2)c2ccccc2)cc1. The molecule has 0 aliphatic heterocycles. The maximum absolute atomic E-state index is 14.9. The summed E-state index contributed by atoms with van der Waals surface area (Å²) in [4.78, 5) is 0. The minimum Gasteiger partial charge on any atom is -0.456 e. The van der Waals surface area contributed by atoms with Gasteiger partial charge in [0.1, 0.15) is 11.2 Å². The maximum atomic E-state index is 14.9. The van der Waals surface area contributed by atoms with Gasteiger partial charge in [0, 0.05) is 26.7 Å². The first-order valence-corrected chi connectivity index (χ1v) is 19.4. The molecular formula is C49H33O2P. The Morgan fingerprint density at radius 1 is 0.385 bits per heavy atom. The van der Waals surface area contributed by atoms with Crippen LogP contribution >= 0.6 is 7.14 Å². The van der Waals surface area contributed by atoms with Crippen molar-refractivity contribution in [1.29, 1.82) is 0 Å². The molecule has 246 valence electrons. The zero-order valence-corrected chi connectivity index (χ0v) is 29.2. The molecule has 0 fully saturated rings. The van der Waals surface area contributed by atoms with Crippen LogP contribution < -0.4 is 15.9 Å². The van der Waals surface area contributed by atoms with Gasteiger partial charge in [-0.2, -0.15) is 0 Å². The van der Waals surface area contributed by atoms with Crippen LogP contribution in [0.4, 0.5) is 0 Å². The van der Waals surface area contributed by atoms with Crippen molar-refractivity contribution in [2.45, 2.75) is 5.41 Å². The third-order valence-corrected chi connectivity index (χ3v) is 13.9. The average Bonchev–Trinajstić information content (AvgIpc) is 3.73. The highest BCUT2D eigenvalue weighted by Crippen LogP contribution is 2.57. The summed E-state index contributed by atoms with van der Waals surface area (Å²) in [6, 6.07) is 69.5. The summed E-state index contributed by atoms with van der Waals surface area (Å²) in [5, 5.41) is 4.67. The molecule has 0 N–H and O–H groups in total. The van der Waals surface area contributed by atoms with Crippen molar-refractivity contribution in [1.82, 2.24) is 0 Å². The van der Waals surface area contributed by atoms with E-state index in [1.54, 1.807) is 0 Å². The Labute approximate surface area is 303 Å². The summed E-state index contributed by atoms with van der Waals surface area (Å²) >= 11 is 0. The normalized spacial score (nSPS) is 13.2. The predicted molar refractivity (Wildman–Crippen MR) is 216 cm³/mol. The Hall–Kier alpha value is -6.21. The summed E-state index contributed by atoms with van der Waals surface area (Å²) in [5.41, 5.74) is 10.8. The summed E-state index contributed by atoms with van der Waals surface area (Å²) in [6.45, 7) is 0. The zero-order valence-electron chi connectivity index (χ0n) is 28.3. The van der Waals surface area contributed by atoms with Crippen LogP contribution in [0.2, 0.25) is 0 Å². The second kappa shape index (κ2) is 11.9.